The molecule has 1 N–H and O–H groups in total. The number of benzene rings is 2. The van der Waals surface area contributed by atoms with Gasteiger partial charge in [0.1, 0.15) is 24.2 Å². The van der Waals surface area contributed by atoms with E-state index in [1.54, 1.807) is 23.6 Å². The molecule has 0 spiro atoms. The summed E-state index contributed by atoms with van der Waals surface area (Å²) >= 11 is 1.28. The van der Waals surface area contributed by atoms with E-state index < -0.39 is 41.6 Å². The van der Waals surface area contributed by atoms with Crippen LogP contribution in [0.5, 0.6) is 0 Å². The highest BCUT2D eigenvalue weighted by Gasteiger charge is 2.36. The number of nitrogens with zero attached hydrogens (tertiary/aromatic N) is 5. The number of hydrogen-bond donors (Lipinski definition) is 1. The Balaban J connectivity index is 1.71. The third kappa shape index (κ3) is 5.80. The molecule has 0 fully saturated rings. The molecule has 11 heteroatoms. The van der Waals surface area contributed by atoms with E-state index in [4.69, 9.17) is 0 Å². The van der Waals surface area contributed by atoms with Crippen LogP contribution in [0.25, 0.3) is 11.4 Å². The summed E-state index contributed by atoms with van der Waals surface area (Å²) in [5.74, 6) is -1.95. The van der Waals surface area contributed by atoms with E-state index in [-0.39, 0.29) is 11.5 Å². The molecule has 0 aliphatic rings. The van der Waals surface area contributed by atoms with Crippen molar-refractivity contribution >= 4 is 28.8 Å². The highest BCUT2D eigenvalue weighted by molar-refractivity contribution is 7.10. The fraction of sp³-hybridized carbons (Fsp3) is 0.240. The summed E-state index contributed by atoms with van der Waals surface area (Å²) in [6.45, 7) is 5.05. The summed E-state index contributed by atoms with van der Waals surface area (Å²) in [4.78, 5) is 29.9. The molecule has 0 saturated carbocycles. The first kappa shape index (κ1) is 25.1. The van der Waals surface area contributed by atoms with E-state index in [1.807, 2.05) is 20.8 Å². The fourth-order valence-electron chi connectivity index (χ4n) is 3.54. The smallest absolute Gasteiger partial charge is 0.251 e. The van der Waals surface area contributed by atoms with Crippen molar-refractivity contribution in [2.75, 3.05) is 4.90 Å². The van der Waals surface area contributed by atoms with Gasteiger partial charge in [0.2, 0.25) is 11.7 Å². The number of anilines is 1. The third-order valence-corrected chi connectivity index (χ3v) is 5.95. The van der Waals surface area contributed by atoms with Crippen LogP contribution in [0.4, 0.5) is 14.5 Å². The molecular formula is C25H24F2N6O2S. The average Bonchev–Trinajstić information content (AvgIpc) is 3.50. The number of carbonyl (C=O) groups excluding carboxylic acids is 2. The minimum atomic E-state index is -1.13. The van der Waals surface area contributed by atoms with Crippen LogP contribution in [-0.2, 0) is 16.1 Å². The summed E-state index contributed by atoms with van der Waals surface area (Å²) in [5, 5.41) is 16.7. The van der Waals surface area contributed by atoms with Crippen LogP contribution < -0.4 is 10.2 Å². The fourth-order valence-corrected chi connectivity index (χ4v) is 4.36. The first-order valence-electron chi connectivity index (χ1n) is 11.1. The summed E-state index contributed by atoms with van der Waals surface area (Å²) in [7, 11) is 0. The molecule has 0 unspecified atom stereocenters. The minimum Gasteiger partial charge on any atom is -0.349 e. The lowest BCUT2D eigenvalue weighted by Crippen LogP contribution is -2.50. The van der Waals surface area contributed by atoms with Gasteiger partial charge in [-0.05, 0) is 73.8 Å². The minimum absolute atomic E-state index is 0.0520. The van der Waals surface area contributed by atoms with Crippen LogP contribution in [0.1, 0.15) is 31.7 Å². The van der Waals surface area contributed by atoms with E-state index in [0.29, 0.717) is 10.4 Å². The first-order chi connectivity index (χ1) is 17.1. The number of aromatic nitrogens is 4. The second kappa shape index (κ2) is 10.3. The third-order valence-electron chi connectivity index (χ3n) is 5.03. The highest BCUT2D eigenvalue weighted by Crippen LogP contribution is 2.33. The largest absolute Gasteiger partial charge is 0.349 e. The molecule has 4 rings (SSSR count). The van der Waals surface area contributed by atoms with Gasteiger partial charge in [0.05, 0.1) is 5.69 Å². The molecule has 2 amide bonds. The summed E-state index contributed by atoms with van der Waals surface area (Å²) < 4.78 is 28.2. The lowest BCUT2D eigenvalue weighted by atomic mass is 10.1. The molecule has 4 aromatic rings. The van der Waals surface area contributed by atoms with Gasteiger partial charge in [0.25, 0.3) is 5.91 Å². The van der Waals surface area contributed by atoms with Crippen molar-refractivity contribution in [1.29, 1.82) is 0 Å². The summed E-state index contributed by atoms with van der Waals surface area (Å²) in [6.07, 6.45) is 0. The molecule has 2 heterocycles. The van der Waals surface area contributed by atoms with Gasteiger partial charge in [-0.2, -0.15) is 4.80 Å². The highest BCUT2D eigenvalue weighted by atomic mass is 32.1. The molecule has 36 heavy (non-hydrogen) atoms. The topological polar surface area (TPSA) is 93.0 Å². The Labute approximate surface area is 210 Å². The van der Waals surface area contributed by atoms with Crippen molar-refractivity contribution < 1.29 is 18.4 Å². The number of tetrazole rings is 1. The zero-order valence-electron chi connectivity index (χ0n) is 19.9. The Hall–Kier alpha value is -3.99. The number of carbonyl (C=O) groups is 2. The molecule has 0 aliphatic carbocycles. The van der Waals surface area contributed by atoms with Gasteiger partial charge in [-0.1, -0.05) is 18.2 Å². The molecule has 0 bridgehead atoms. The number of rotatable bonds is 7. The molecular weight excluding hydrogens is 486 g/mol. The zero-order valence-corrected chi connectivity index (χ0v) is 20.7. The molecule has 0 radical (unpaired) electrons. The van der Waals surface area contributed by atoms with Crippen LogP contribution in [0, 0.1) is 11.6 Å². The van der Waals surface area contributed by atoms with Gasteiger partial charge in [-0.3, -0.25) is 14.5 Å². The number of nitrogens with one attached hydrogen (secondary N) is 1. The molecule has 2 aromatic carbocycles. The normalized spacial score (nSPS) is 12.2. The zero-order chi connectivity index (χ0) is 25.9. The van der Waals surface area contributed by atoms with Gasteiger partial charge in [0, 0.05) is 16.0 Å². The molecule has 2 aromatic heterocycles. The predicted molar refractivity (Wildman–Crippen MR) is 132 cm³/mol. The van der Waals surface area contributed by atoms with Gasteiger partial charge < -0.3 is 5.32 Å². The molecule has 0 saturated heterocycles. The molecule has 1 atom stereocenters. The van der Waals surface area contributed by atoms with Crippen LogP contribution >= 0.6 is 11.3 Å². The number of halogens is 2. The maximum absolute atomic E-state index is 15.0. The van der Waals surface area contributed by atoms with E-state index >= 15 is 0 Å². The van der Waals surface area contributed by atoms with Crippen LogP contribution in [0.15, 0.2) is 66.0 Å². The van der Waals surface area contributed by atoms with Crippen LogP contribution in [-0.4, -0.2) is 37.6 Å². The summed E-state index contributed by atoms with van der Waals surface area (Å²) in [5.41, 5.74) is -0.125. The molecule has 186 valence electrons. The number of hydrogen-bond acceptors (Lipinski definition) is 6. The van der Waals surface area contributed by atoms with E-state index in [9.17, 15) is 18.4 Å². The Kier molecular flexibility index (Phi) is 7.20. The Morgan fingerprint density at radius 2 is 1.78 bits per heavy atom. The Morgan fingerprint density at radius 3 is 2.42 bits per heavy atom. The van der Waals surface area contributed by atoms with Gasteiger partial charge in [-0.25, -0.2) is 8.78 Å². The maximum atomic E-state index is 15.0. The van der Waals surface area contributed by atoms with Crippen molar-refractivity contribution in [3.63, 3.8) is 0 Å². The van der Waals surface area contributed by atoms with Gasteiger partial charge in [0.15, 0.2) is 0 Å². The monoisotopic (exact) mass is 510 g/mol. The predicted octanol–water partition coefficient (Wildman–Crippen LogP) is 4.37. The van der Waals surface area contributed by atoms with E-state index in [0.717, 1.165) is 9.70 Å². The van der Waals surface area contributed by atoms with Gasteiger partial charge in [-0.15, -0.1) is 21.5 Å². The van der Waals surface area contributed by atoms with Crippen molar-refractivity contribution in [1.82, 2.24) is 25.5 Å². The molecule has 8 nitrogen and oxygen atoms in total. The van der Waals surface area contributed by atoms with E-state index in [2.05, 4.69) is 20.7 Å². The quantitative estimate of drug-likeness (QED) is 0.399. The average molecular weight is 511 g/mol. The van der Waals surface area contributed by atoms with Crippen molar-refractivity contribution in [2.24, 2.45) is 0 Å². The number of thiophene rings is 1. The lowest BCUT2D eigenvalue weighted by molar-refractivity contribution is -0.128. The second-order valence-corrected chi connectivity index (χ2v) is 10.0. The second-order valence-electron chi connectivity index (χ2n) is 9.02. The maximum Gasteiger partial charge on any atom is 0.251 e. The van der Waals surface area contributed by atoms with Crippen LogP contribution in [0.3, 0.4) is 0 Å². The summed E-state index contributed by atoms with van der Waals surface area (Å²) in [6, 6.07) is 13.6. The molecule has 0 aliphatic heterocycles. The van der Waals surface area contributed by atoms with Crippen molar-refractivity contribution in [2.45, 2.75) is 38.9 Å². The number of para-hydroxylation sites is 1. The SMILES string of the molecule is CC(C)(C)NC(=O)[C@H](c1cccs1)N(C(=O)Cn1nnc(-c2ccc(F)cc2)n1)c1ccccc1F. The van der Waals surface area contributed by atoms with Gasteiger partial charge >= 0.3 is 0 Å². The van der Waals surface area contributed by atoms with Crippen LogP contribution in [0.2, 0.25) is 0 Å². The Morgan fingerprint density at radius 1 is 1.06 bits per heavy atom. The van der Waals surface area contributed by atoms with E-state index in [1.165, 1.54) is 53.8 Å². The first-order valence-corrected chi connectivity index (χ1v) is 12.0. The Bertz CT molecular complexity index is 1350. The standard InChI is InChI=1S/C25H24F2N6O2S/c1-25(2,3)28-24(35)22(20-9-6-14-36-20)33(19-8-5-4-7-18(19)27)21(34)15-32-30-23(29-31-32)16-10-12-17(26)13-11-16/h4-14,22H,15H2,1-3H3,(H,28,35)/t22-/m0/s1. The van der Waals surface area contributed by atoms with Crippen molar-refractivity contribution in [3.05, 3.63) is 82.6 Å². The number of amides is 2. The lowest BCUT2D eigenvalue weighted by Gasteiger charge is -2.33. The van der Waals surface area contributed by atoms with Crippen molar-refractivity contribution in [3.8, 4) is 11.4 Å².